The summed E-state index contributed by atoms with van der Waals surface area (Å²) in [6.07, 6.45) is 2.69. The number of rotatable bonds is 4. The van der Waals surface area contributed by atoms with Gasteiger partial charge in [-0.1, -0.05) is 6.92 Å². The van der Waals surface area contributed by atoms with Crippen LogP contribution in [0.15, 0.2) is 0 Å². The van der Waals surface area contributed by atoms with E-state index in [9.17, 15) is 9.59 Å². The van der Waals surface area contributed by atoms with Crippen LogP contribution in [0.1, 0.15) is 26.2 Å². The number of hydrogen-bond donors (Lipinski definition) is 3. The molecule has 110 valence electrons. The van der Waals surface area contributed by atoms with E-state index in [-0.39, 0.29) is 23.9 Å². The van der Waals surface area contributed by atoms with Gasteiger partial charge in [0.25, 0.3) is 0 Å². The van der Waals surface area contributed by atoms with Crippen LogP contribution >= 0.6 is 0 Å². The van der Waals surface area contributed by atoms with Gasteiger partial charge in [-0.2, -0.15) is 0 Å². The lowest BCUT2D eigenvalue weighted by atomic mass is 9.78. The van der Waals surface area contributed by atoms with Gasteiger partial charge in [0.2, 0.25) is 5.91 Å². The van der Waals surface area contributed by atoms with Crippen LogP contribution in [-0.4, -0.2) is 50.1 Å². The van der Waals surface area contributed by atoms with Gasteiger partial charge in [0.05, 0.1) is 0 Å². The quantitative estimate of drug-likeness (QED) is 0.635. The second kappa shape index (κ2) is 7.33. The minimum Gasteiger partial charge on any atom is -0.354 e. The van der Waals surface area contributed by atoms with E-state index in [0.29, 0.717) is 19.0 Å². The zero-order valence-corrected chi connectivity index (χ0v) is 12.1. The molecule has 4 N–H and O–H groups in total. The van der Waals surface area contributed by atoms with Crippen molar-refractivity contribution >= 4 is 11.9 Å². The van der Waals surface area contributed by atoms with Crippen molar-refractivity contribution in [2.24, 2.45) is 17.6 Å². The summed E-state index contributed by atoms with van der Waals surface area (Å²) in [5.74, 6) is 0.475. The molecule has 0 saturated heterocycles. The van der Waals surface area contributed by atoms with E-state index >= 15 is 0 Å². The molecule has 6 nitrogen and oxygen atoms in total. The first-order valence-corrected chi connectivity index (χ1v) is 6.90. The first kappa shape index (κ1) is 15.8. The number of hydrogen-bond acceptors (Lipinski definition) is 3. The summed E-state index contributed by atoms with van der Waals surface area (Å²) in [6, 6.07) is 0.0877. The highest BCUT2D eigenvalue weighted by Gasteiger charge is 2.30. The van der Waals surface area contributed by atoms with Gasteiger partial charge in [0.15, 0.2) is 0 Å². The molecular weight excluding hydrogens is 244 g/mol. The van der Waals surface area contributed by atoms with Crippen LogP contribution in [0.5, 0.6) is 0 Å². The summed E-state index contributed by atoms with van der Waals surface area (Å²) in [7, 11) is 3.36. The van der Waals surface area contributed by atoms with Crippen molar-refractivity contribution < 1.29 is 9.59 Å². The Morgan fingerprint density at radius 1 is 1.21 bits per heavy atom. The molecule has 0 spiro atoms. The highest BCUT2D eigenvalue weighted by molar-refractivity contribution is 5.79. The zero-order chi connectivity index (χ0) is 14.4. The molecule has 3 unspecified atom stereocenters. The Morgan fingerprint density at radius 2 is 1.84 bits per heavy atom. The average Bonchev–Trinajstić information content (AvgIpc) is 2.33. The largest absolute Gasteiger partial charge is 0.354 e. The molecule has 0 radical (unpaired) electrons. The summed E-state index contributed by atoms with van der Waals surface area (Å²) in [6.45, 7) is 2.99. The number of amides is 3. The van der Waals surface area contributed by atoms with Crippen LogP contribution in [0.3, 0.4) is 0 Å². The number of urea groups is 1. The van der Waals surface area contributed by atoms with Crippen molar-refractivity contribution in [2.75, 3.05) is 27.2 Å². The van der Waals surface area contributed by atoms with E-state index in [1.54, 1.807) is 14.1 Å². The molecule has 19 heavy (non-hydrogen) atoms. The fourth-order valence-electron chi connectivity index (χ4n) is 2.47. The number of carbonyl (C=O) groups excluding carboxylic acids is 2. The SMILES string of the molecule is CC1CC(N)CCC1C(=O)NCCNC(=O)N(C)C. The molecule has 1 aliphatic rings. The molecule has 1 rings (SSSR count). The second-order valence-electron chi connectivity index (χ2n) is 5.57. The molecule has 0 bridgehead atoms. The highest BCUT2D eigenvalue weighted by atomic mass is 16.2. The molecule has 1 aliphatic carbocycles. The number of nitrogens with two attached hydrogens (primary N) is 1. The van der Waals surface area contributed by atoms with Gasteiger partial charge in [-0.05, 0) is 25.2 Å². The molecule has 0 heterocycles. The number of carbonyl (C=O) groups is 2. The van der Waals surface area contributed by atoms with E-state index in [4.69, 9.17) is 5.73 Å². The van der Waals surface area contributed by atoms with Crippen molar-refractivity contribution in [3.05, 3.63) is 0 Å². The molecule has 0 aliphatic heterocycles. The lowest BCUT2D eigenvalue weighted by Gasteiger charge is -2.31. The van der Waals surface area contributed by atoms with Gasteiger partial charge < -0.3 is 21.3 Å². The van der Waals surface area contributed by atoms with Gasteiger partial charge in [-0.25, -0.2) is 4.79 Å². The fraction of sp³-hybridized carbons (Fsp3) is 0.846. The maximum Gasteiger partial charge on any atom is 0.316 e. The van der Waals surface area contributed by atoms with Crippen LogP contribution in [0, 0.1) is 11.8 Å². The van der Waals surface area contributed by atoms with Crippen molar-refractivity contribution in [1.82, 2.24) is 15.5 Å². The summed E-state index contributed by atoms with van der Waals surface area (Å²) in [5, 5.41) is 5.59. The number of nitrogens with zero attached hydrogens (tertiary/aromatic N) is 1. The maximum atomic E-state index is 12.0. The monoisotopic (exact) mass is 270 g/mol. The Kier molecular flexibility index (Phi) is 6.08. The third-order valence-electron chi connectivity index (χ3n) is 3.65. The van der Waals surface area contributed by atoms with E-state index in [2.05, 4.69) is 17.6 Å². The molecule has 6 heteroatoms. The molecule has 0 aromatic heterocycles. The minimum atomic E-state index is -0.147. The van der Waals surface area contributed by atoms with Gasteiger partial charge in [-0.3, -0.25) is 4.79 Å². The fourth-order valence-corrected chi connectivity index (χ4v) is 2.47. The van der Waals surface area contributed by atoms with E-state index in [0.717, 1.165) is 19.3 Å². The molecule has 1 saturated carbocycles. The first-order chi connectivity index (χ1) is 8.91. The molecule has 3 atom stereocenters. The average molecular weight is 270 g/mol. The van der Waals surface area contributed by atoms with Crippen LogP contribution in [-0.2, 0) is 4.79 Å². The summed E-state index contributed by atoms with van der Waals surface area (Å²) >= 11 is 0. The Morgan fingerprint density at radius 3 is 2.42 bits per heavy atom. The van der Waals surface area contributed by atoms with Crippen LogP contribution in [0.2, 0.25) is 0 Å². The summed E-state index contributed by atoms with van der Waals surface area (Å²) in [5.41, 5.74) is 5.89. The molecule has 0 aromatic rings. The van der Waals surface area contributed by atoms with Crippen molar-refractivity contribution in [2.45, 2.75) is 32.2 Å². The standard InChI is InChI=1S/C13H26N4O2/c1-9-8-10(14)4-5-11(9)12(18)15-6-7-16-13(19)17(2)3/h9-11H,4-8,14H2,1-3H3,(H,15,18)(H,16,19). The van der Waals surface area contributed by atoms with E-state index in [1.165, 1.54) is 4.90 Å². The predicted molar refractivity (Wildman–Crippen MR) is 74.6 cm³/mol. The third-order valence-corrected chi connectivity index (χ3v) is 3.65. The van der Waals surface area contributed by atoms with Gasteiger partial charge in [0.1, 0.15) is 0 Å². The van der Waals surface area contributed by atoms with E-state index in [1.807, 2.05) is 0 Å². The van der Waals surface area contributed by atoms with Crippen LogP contribution in [0.25, 0.3) is 0 Å². The zero-order valence-electron chi connectivity index (χ0n) is 12.1. The Bertz CT molecular complexity index is 320. The smallest absolute Gasteiger partial charge is 0.316 e. The first-order valence-electron chi connectivity index (χ1n) is 6.90. The third kappa shape index (κ3) is 5.06. The molecule has 0 aromatic carbocycles. The van der Waals surface area contributed by atoms with Crippen molar-refractivity contribution in [1.29, 1.82) is 0 Å². The molecular formula is C13H26N4O2. The Balaban J connectivity index is 2.22. The van der Waals surface area contributed by atoms with Crippen molar-refractivity contribution in [3.8, 4) is 0 Å². The maximum absolute atomic E-state index is 12.0. The number of nitrogens with one attached hydrogen (secondary N) is 2. The summed E-state index contributed by atoms with van der Waals surface area (Å²) < 4.78 is 0. The second-order valence-corrected chi connectivity index (χ2v) is 5.57. The Hall–Kier alpha value is -1.30. The lowest BCUT2D eigenvalue weighted by molar-refractivity contribution is -0.127. The predicted octanol–water partition coefficient (Wildman–Crippen LogP) is 0.137. The van der Waals surface area contributed by atoms with Gasteiger partial charge in [0, 0.05) is 39.1 Å². The topological polar surface area (TPSA) is 87.5 Å². The minimum absolute atomic E-state index is 0.0596. The highest BCUT2D eigenvalue weighted by Crippen LogP contribution is 2.28. The molecule has 1 fully saturated rings. The van der Waals surface area contributed by atoms with Crippen LogP contribution in [0.4, 0.5) is 4.79 Å². The Labute approximate surface area is 115 Å². The van der Waals surface area contributed by atoms with Gasteiger partial charge in [-0.15, -0.1) is 0 Å². The lowest BCUT2D eigenvalue weighted by Crippen LogP contribution is -2.44. The molecule has 3 amide bonds. The van der Waals surface area contributed by atoms with Gasteiger partial charge >= 0.3 is 6.03 Å². The van der Waals surface area contributed by atoms with Crippen molar-refractivity contribution in [3.63, 3.8) is 0 Å². The van der Waals surface area contributed by atoms with Crippen LogP contribution < -0.4 is 16.4 Å². The van der Waals surface area contributed by atoms with E-state index < -0.39 is 0 Å². The summed E-state index contributed by atoms with van der Waals surface area (Å²) in [4.78, 5) is 24.7. The normalized spacial score (nSPS) is 26.6.